The summed E-state index contributed by atoms with van der Waals surface area (Å²) in [5.41, 5.74) is 0. The van der Waals surface area contributed by atoms with Crippen molar-refractivity contribution in [1.82, 2.24) is 4.67 Å². The van der Waals surface area contributed by atoms with Crippen molar-refractivity contribution in [2.45, 2.75) is 96.8 Å². The highest BCUT2D eigenvalue weighted by Gasteiger charge is 2.02. The molecule has 0 radical (unpaired) electrons. The largest absolute Gasteiger partial charge is 0.395 e. The highest BCUT2D eigenvalue weighted by molar-refractivity contribution is 7.20. The van der Waals surface area contributed by atoms with E-state index in [0.717, 1.165) is 13.0 Å². The zero-order valence-electron chi connectivity index (χ0n) is 14.8. The first kappa shape index (κ1) is 22.0. The lowest BCUT2D eigenvalue weighted by molar-refractivity contribution is 0.255. The predicted molar refractivity (Wildman–Crippen MR) is 96.6 cm³/mol. The van der Waals surface area contributed by atoms with Crippen LogP contribution in [-0.4, -0.2) is 29.5 Å². The van der Waals surface area contributed by atoms with Gasteiger partial charge in [-0.3, -0.25) is 4.57 Å². The van der Waals surface area contributed by atoms with E-state index in [-0.39, 0.29) is 15.2 Å². The molecule has 0 aliphatic heterocycles. The smallest absolute Gasteiger partial charge is 0.249 e. The lowest BCUT2D eigenvalue weighted by atomic mass is 10.0. The van der Waals surface area contributed by atoms with Crippen LogP contribution >= 0.6 is 8.61 Å². The fourth-order valence-corrected chi connectivity index (χ4v) is 3.19. The lowest BCUT2D eigenvalue weighted by Gasteiger charge is -2.11. The minimum atomic E-state index is 0.0467. The van der Waals surface area contributed by atoms with Gasteiger partial charge in [-0.2, -0.15) is 0 Å². The maximum atomic E-state index is 10.8. The van der Waals surface area contributed by atoms with Crippen molar-refractivity contribution in [3.05, 3.63) is 0 Å². The molecular weight excluding hydrogens is 293 g/mol. The molecule has 0 aromatic carbocycles. The van der Waals surface area contributed by atoms with Crippen molar-refractivity contribution in [3.8, 4) is 0 Å². The van der Waals surface area contributed by atoms with Crippen molar-refractivity contribution >= 4 is 8.61 Å². The fourth-order valence-electron chi connectivity index (χ4n) is 2.80. The Morgan fingerprint density at radius 3 is 1.45 bits per heavy atom. The standard InChI is InChI=1S/C18H38NO2P/c1-2-3-4-5-6-7-8-9-10-11-12-13-14-15-16-19(22-21)17-18-20/h20H,2-18H2,1H3. The third kappa shape index (κ3) is 16.4. The zero-order valence-corrected chi connectivity index (χ0v) is 15.7. The number of hydrogen-bond acceptors (Lipinski definition) is 2. The molecule has 0 amide bonds. The first-order valence-electron chi connectivity index (χ1n) is 9.54. The molecule has 22 heavy (non-hydrogen) atoms. The molecule has 0 rings (SSSR count). The minimum Gasteiger partial charge on any atom is -0.395 e. The Bertz CT molecular complexity index is 227. The summed E-state index contributed by atoms with van der Waals surface area (Å²) in [6.45, 7) is 3.72. The van der Waals surface area contributed by atoms with Gasteiger partial charge in [0.2, 0.25) is 8.61 Å². The van der Waals surface area contributed by atoms with Crippen LogP contribution in [-0.2, 0) is 4.57 Å². The van der Waals surface area contributed by atoms with Gasteiger partial charge in [-0.25, -0.2) is 4.67 Å². The average molecular weight is 331 g/mol. The predicted octanol–water partition coefficient (Wildman–Crippen LogP) is 5.97. The normalized spacial score (nSPS) is 11.6. The van der Waals surface area contributed by atoms with E-state index in [9.17, 15) is 4.57 Å². The molecule has 0 aliphatic carbocycles. The monoisotopic (exact) mass is 331 g/mol. The maximum Gasteiger partial charge on any atom is 0.249 e. The molecule has 0 aliphatic rings. The molecule has 0 bridgehead atoms. The summed E-state index contributed by atoms with van der Waals surface area (Å²) < 4.78 is 12.5. The van der Waals surface area contributed by atoms with Gasteiger partial charge in [0, 0.05) is 13.1 Å². The number of nitrogens with zero attached hydrogens (tertiary/aromatic N) is 1. The Hall–Kier alpha value is 0.0200. The Kier molecular flexibility index (Phi) is 19.1. The second-order valence-electron chi connectivity index (χ2n) is 6.36. The van der Waals surface area contributed by atoms with Crippen LogP contribution < -0.4 is 0 Å². The molecule has 0 saturated carbocycles. The van der Waals surface area contributed by atoms with Gasteiger partial charge < -0.3 is 5.11 Å². The first-order valence-corrected chi connectivity index (χ1v) is 10.3. The Morgan fingerprint density at radius 1 is 0.682 bits per heavy atom. The summed E-state index contributed by atoms with van der Waals surface area (Å²) in [6.07, 6.45) is 19.0. The van der Waals surface area contributed by atoms with E-state index in [1.54, 1.807) is 4.67 Å². The van der Waals surface area contributed by atoms with Crippen LogP contribution in [0.4, 0.5) is 0 Å². The molecule has 0 aromatic rings. The number of hydrogen-bond donors (Lipinski definition) is 1. The van der Waals surface area contributed by atoms with Gasteiger partial charge in [-0.05, 0) is 6.42 Å². The molecule has 0 atom stereocenters. The van der Waals surface area contributed by atoms with Gasteiger partial charge in [0.25, 0.3) is 0 Å². The van der Waals surface area contributed by atoms with Crippen LogP contribution in [0.3, 0.4) is 0 Å². The van der Waals surface area contributed by atoms with E-state index >= 15 is 0 Å². The van der Waals surface area contributed by atoms with Crippen molar-refractivity contribution in [3.63, 3.8) is 0 Å². The number of aliphatic hydroxyl groups excluding tert-OH is 1. The minimum absolute atomic E-state index is 0.0467. The second kappa shape index (κ2) is 19.1. The molecule has 132 valence electrons. The van der Waals surface area contributed by atoms with Crippen LogP contribution in [0.25, 0.3) is 0 Å². The summed E-state index contributed by atoms with van der Waals surface area (Å²) in [5.74, 6) is 0. The van der Waals surface area contributed by atoms with Gasteiger partial charge in [0.1, 0.15) is 0 Å². The first-order chi connectivity index (χ1) is 10.8. The quantitative estimate of drug-likeness (QED) is 0.248. The summed E-state index contributed by atoms with van der Waals surface area (Å²) >= 11 is 0. The van der Waals surface area contributed by atoms with Gasteiger partial charge in [-0.1, -0.05) is 90.4 Å². The Labute approximate surface area is 140 Å². The van der Waals surface area contributed by atoms with Gasteiger partial charge in [0.05, 0.1) is 6.61 Å². The SMILES string of the molecule is CCCCCCCCCCCCCCCCN(CCO)P=O. The summed E-state index contributed by atoms with van der Waals surface area (Å²) in [5, 5.41) is 8.80. The maximum absolute atomic E-state index is 10.8. The van der Waals surface area contributed by atoms with Crippen molar-refractivity contribution in [2.75, 3.05) is 19.7 Å². The van der Waals surface area contributed by atoms with E-state index in [1.807, 2.05) is 0 Å². The van der Waals surface area contributed by atoms with Crippen LogP contribution in [0.15, 0.2) is 0 Å². The van der Waals surface area contributed by atoms with Crippen LogP contribution in [0.1, 0.15) is 96.8 Å². The number of unbranched alkanes of at least 4 members (excludes halogenated alkanes) is 13. The molecule has 0 aromatic heterocycles. The number of aliphatic hydroxyl groups is 1. The molecule has 0 saturated heterocycles. The van der Waals surface area contributed by atoms with E-state index in [2.05, 4.69) is 6.92 Å². The molecule has 3 nitrogen and oxygen atoms in total. The van der Waals surface area contributed by atoms with E-state index in [4.69, 9.17) is 5.11 Å². The van der Waals surface area contributed by atoms with Gasteiger partial charge >= 0.3 is 0 Å². The van der Waals surface area contributed by atoms with Crippen LogP contribution in [0.5, 0.6) is 0 Å². The Balaban J connectivity index is 3.09. The van der Waals surface area contributed by atoms with Gasteiger partial charge in [-0.15, -0.1) is 0 Å². The zero-order chi connectivity index (χ0) is 16.3. The summed E-state index contributed by atoms with van der Waals surface area (Å²) in [6, 6.07) is 0. The lowest BCUT2D eigenvalue weighted by Crippen LogP contribution is -2.17. The van der Waals surface area contributed by atoms with Crippen molar-refractivity contribution in [1.29, 1.82) is 0 Å². The second-order valence-corrected chi connectivity index (χ2v) is 7.08. The number of rotatable bonds is 18. The average Bonchev–Trinajstić information content (AvgIpc) is 2.54. The van der Waals surface area contributed by atoms with Crippen molar-refractivity contribution < 1.29 is 9.67 Å². The molecular formula is C18H38NO2P. The summed E-state index contributed by atoms with van der Waals surface area (Å²) in [4.78, 5) is 0. The van der Waals surface area contributed by atoms with Gasteiger partial charge in [0.15, 0.2) is 0 Å². The highest BCUT2D eigenvalue weighted by atomic mass is 31.1. The highest BCUT2D eigenvalue weighted by Crippen LogP contribution is 2.13. The Morgan fingerprint density at radius 2 is 1.09 bits per heavy atom. The topological polar surface area (TPSA) is 40.5 Å². The summed E-state index contributed by atoms with van der Waals surface area (Å²) in [7, 11) is 0.0467. The third-order valence-corrected chi connectivity index (χ3v) is 4.87. The molecule has 0 heterocycles. The van der Waals surface area contributed by atoms with E-state index < -0.39 is 0 Å². The van der Waals surface area contributed by atoms with Crippen molar-refractivity contribution in [2.24, 2.45) is 0 Å². The van der Waals surface area contributed by atoms with Crippen LogP contribution in [0, 0.1) is 0 Å². The molecule has 1 N–H and O–H groups in total. The molecule has 4 heteroatoms. The van der Waals surface area contributed by atoms with Crippen LogP contribution in [0.2, 0.25) is 0 Å². The van der Waals surface area contributed by atoms with E-state index in [0.29, 0.717) is 6.54 Å². The molecule has 0 unspecified atom stereocenters. The third-order valence-electron chi connectivity index (χ3n) is 4.24. The molecule has 0 spiro atoms. The molecule has 0 fully saturated rings. The fraction of sp³-hybridized carbons (Fsp3) is 1.00. The van der Waals surface area contributed by atoms with E-state index in [1.165, 1.54) is 83.5 Å².